The number of primary sulfonamides is 1. The molecule has 0 aliphatic rings. The van der Waals surface area contributed by atoms with Crippen molar-refractivity contribution in [2.75, 3.05) is 13.8 Å². The van der Waals surface area contributed by atoms with Crippen molar-refractivity contribution >= 4 is 10.0 Å². The second-order valence-corrected chi connectivity index (χ2v) is 5.26. The SMILES string of the molecule is CO[C@H](c1ccc(S(N)(=O)=O)cc1)[C@@H](CF)N=[N+]=[N-]. The summed E-state index contributed by atoms with van der Waals surface area (Å²) in [4.78, 5) is 2.48. The highest BCUT2D eigenvalue weighted by molar-refractivity contribution is 7.89. The highest BCUT2D eigenvalue weighted by Crippen LogP contribution is 2.24. The zero-order valence-electron chi connectivity index (χ0n) is 10.1. The molecule has 0 saturated carbocycles. The molecule has 0 aliphatic carbocycles. The van der Waals surface area contributed by atoms with Crippen molar-refractivity contribution in [3.8, 4) is 0 Å². The van der Waals surface area contributed by atoms with Crippen LogP contribution in [0.1, 0.15) is 11.7 Å². The van der Waals surface area contributed by atoms with Crippen molar-refractivity contribution in [3.63, 3.8) is 0 Å². The second-order valence-electron chi connectivity index (χ2n) is 3.70. The minimum atomic E-state index is -3.78. The number of nitrogens with zero attached hydrogens (tertiary/aromatic N) is 3. The highest BCUT2D eigenvalue weighted by Gasteiger charge is 2.22. The Balaban J connectivity index is 3.09. The van der Waals surface area contributed by atoms with E-state index >= 15 is 0 Å². The lowest BCUT2D eigenvalue weighted by molar-refractivity contribution is 0.0721. The number of hydrogen-bond donors (Lipinski definition) is 1. The molecular weight excluding hydrogens is 275 g/mol. The monoisotopic (exact) mass is 288 g/mol. The minimum Gasteiger partial charge on any atom is -0.376 e. The summed E-state index contributed by atoms with van der Waals surface area (Å²) in [6, 6.07) is 4.41. The van der Waals surface area contributed by atoms with Gasteiger partial charge in [0.15, 0.2) is 0 Å². The Morgan fingerprint density at radius 3 is 2.42 bits per heavy atom. The van der Waals surface area contributed by atoms with E-state index in [4.69, 9.17) is 15.4 Å². The maximum atomic E-state index is 12.8. The van der Waals surface area contributed by atoms with Gasteiger partial charge in [0.1, 0.15) is 6.67 Å². The third kappa shape index (κ3) is 3.90. The lowest BCUT2D eigenvalue weighted by Crippen LogP contribution is -2.20. The van der Waals surface area contributed by atoms with Crippen molar-refractivity contribution in [2.24, 2.45) is 10.3 Å². The third-order valence-electron chi connectivity index (χ3n) is 2.50. The molecule has 0 unspecified atom stereocenters. The average molecular weight is 288 g/mol. The predicted octanol–water partition coefficient (Wildman–Crippen LogP) is 1.67. The van der Waals surface area contributed by atoms with Crippen LogP contribution in [0.25, 0.3) is 10.4 Å². The molecule has 0 bridgehead atoms. The summed E-state index contributed by atoms with van der Waals surface area (Å²) in [6.07, 6.45) is -0.796. The lowest BCUT2D eigenvalue weighted by atomic mass is 10.0. The van der Waals surface area contributed by atoms with Crippen LogP contribution in [-0.4, -0.2) is 28.2 Å². The van der Waals surface area contributed by atoms with Gasteiger partial charge in [0, 0.05) is 12.0 Å². The Hall–Kier alpha value is -1.67. The highest BCUT2D eigenvalue weighted by atomic mass is 32.2. The Kier molecular flexibility index (Phi) is 5.25. The van der Waals surface area contributed by atoms with Crippen LogP contribution in [0.2, 0.25) is 0 Å². The molecule has 0 aliphatic heterocycles. The maximum absolute atomic E-state index is 12.8. The predicted molar refractivity (Wildman–Crippen MR) is 66.5 cm³/mol. The van der Waals surface area contributed by atoms with E-state index in [1.807, 2.05) is 0 Å². The molecule has 0 amide bonds. The molecule has 0 saturated heterocycles. The first-order valence-corrected chi connectivity index (χ1v) is 6.74. The zero-order chi connectivity index (χ0) is 14.5. The van der Waals surface area contributed by atoms with Gasteiger partial charge in [-0.15, -0.1) is 0 Å². The second kappa shape index (κ2) is 6.48. The van der Waals surface area contributed by atoms with E-state index in [0.29, 0.717) is 5.56 Å². The van der Waals surface area contributed by atoms with E-state index in [1.165, 1.54) is 31.4 Å². The van der Waals surface area contributed by atoms with Gasteiger partial charge in [-0.25, -0.2) is 13.6 Å². The summed E-state index contributed by atoms with van der Waals surface area (Å²) >= 11 is 0. The smallest absolute Gasteiger partial charge is 0.238 e. The van der Waals surface area contributed by atoms with Gasteiger partial charge in [0.2, 0.25) is 10.0 Å². The van der Waals surface area contributed by atoms with Gasteiger partial charge in [-0.3, -0.25) is 4.39 Å². The van der Waals surface area contributed by atoms with Gasteiger partial charge in [-0.05, 0) is 23.2 Å². The normalized spacial score (nSPS) is 14.5. The van der Waals surface area contributed by atoms with E-state index in [1.54, 1.807) is 0 Å². The van der Waals surface area contributed by atoms with Gasteiger partial charge in [-0.1, -0.05) is 17.2 Å². The fraction of sp³-hybridized carbons (Fsp3) is 0.400. The van der Waals surface area contributed by atoms with E-state index < -0.39 is 28.8 Å². The molecule has 1 aromatic rings. The molecule has 19 heavy (non-hydrogen) atoms. The Morgan fingerprint density at radius 1 is 1.47 bits per heavy atom. The molecule has 0 aromatic heterocycles. The number of alkyl halides is 1. The Bertz CT molecular complexity index is 569. The Labute approximate surface area is 109 Å². The summed E-state index contributed by atoms with van der Waals surface area (Å²) in [5.41, 5.74) is 8.84. The molecule has 104 valence electrons. The molecule has 9 heteroatoms. The van der Waals surface area contributed by atoms with Crippen LogP contribution in [-0.2, 0) is 14.8 Å². The summed E-state index contributed by atoms with van der Waals surface area (Å²) < 4.78 is 40.0. The number of benzene rings is 1. The molecule has 1 rings (SSSR count). The van der Waals surface area contributed by atoms with Crippen LogP contribution in [0.5, 0.6) is 0 Å². The molecule has 2 atom stereocenters. The van der Waals surface area contributed by atoms with Crippen LogP contribution in [0.4, 0.5) is 4.39 Å². The fourth-order valence-electron chi connectivity index (χ4n) is 1.60. The topological polar surface area (TPSA) is 118 Å². The van der Waals surface area contributed by atoms with Crippen LogP contribution in [0.15, 0.2) is 34.3 Å². The van der Waals surface area contributed by atoms with Gasteiger partial charge in [0.25, 0.3) is 0 Å². The molecule has 0 fully saturated rings. The fourth-order valence-corrected chi connectivity index (χ4v) is 2.12. The summed E-state index contributed by atoms with van der Waals surface area (Å²) in [5, 5.41) is 8.26. The first-order chi connectivity index (χ1) is 8.93. The van der Waals surface area contributed by atoms with Crippen molar-refractivity contribution in [3.05, 3.63) is 40.3 Å². The first-order valence-electron chi connectivity index (χ1n) is 5.19. The number of rotatable bonds is 6. The van der Waals surface area contributed by atoms with Crippen molar-refractivity contribution < 1.29 is 17.5 Å². The molecule has 0 radical (unpaired) electrons. The van der Waals surface area contributed by atoms with Crippen LogP contribution in [0, 0.1) is 0 Å². The average Bonchev–Trinajstić information content (AvgIpc) is 2.38. The Morgan fingerprint density at radius 2 is 2.05 bits per heavy atom. The van der Waals surface area contributed by atoms with Crippen LogP contribution < -0.4 is 5.14 Å². The number of hydrogen-bond acceptors (Lipinski definition) is 4. The number of nitrogens with two attached hydrogens (primary N) is 1. The standard InChI is InChI=1S/C10H13FN4O3S/c1-18-10(9(6-11)14-15-12)7-2-4-8(5-3-7)19(13,16)17/h2-5,9-10H,6H2,1H3,(H2,13,16,17)/t9-,10-/m1/s1. The van der Waals surface area contributed by atoms with E-state index in [0.717, 1.165) is 0 Å². The quantitative estimate of drug-likeness (QED) is 0.487. The minimum absolute atomic E-state index is 0.0633. The maximum Gasteiger partial charge on any atom is 0.238 e. The number of azide groups is 1. The lowest BCUT2D eigenvalue weighted by Gasteiger charge is -2.20. The van der Waals surface area contributed by atoms with Crippen molar-refractivity contribution in [2.45, 2.75) is 17.0 Å². The summed E-state index contributed by atoms with van der Waals surface area (Å²) in [7, 11) is -2.44. The zero-order valence-corrected chi connectivity index (χ0v) is 10.9. The van der Waals surface area contributed by atoms with Gasteiger partial charge in [0.05, 0.1) is 17.0 Å². The molecule has 0 heterocycles. The van der Waals surface area contributed by atoms with Crippen molar-refractivity contribution in [1.82, 2.24) is 0 Å². The van der Waals surface area contributed by atoms with Gasteiger partial charge >= 0.3 is 0 Å². The molecule has 7 nitrogen and oxygen atoms in total. The van der Waals surface area contributed by atoms with E-state index in [9.17, 15) is 12.8 Å². The number of ether oxygens (including phenoxy) is 1. The number of sulfonamides is 1. The van der Waals surface area contributed by atoms with Gasteiger partial charge in [-0.2, -0.15) is 0 Å². The molecular formula is C10H13FN4O3S. The number of halogens is 1. The van der Waals surface area contributed by atoms with Crippen molar-refractivity contribution in [1.29, 1.82) is 0 Å². The van der Waals surface area contributed by atoms with E-state index in [2.05, 4.69) is 10.0 Å². The molecule has 0 spiro atoms. The molecule has 2 N–H and O–H groups in total. The van der Waals surface area contributed by atoms with Gasteiger partial charge < -0.3 is 4.74 Å². The number of methoxy groups -OCH3 is 1. The largest absolute Gasteiger partial charge is 0.376 e. The van der Waals surface area contributed by atoms with Crippen LogP contribution >= 0.6 is 0 Å². The summed E-state index contributed by atoms with van der Waals surface area (Å²) in [5.74, 6) is 0. The van der Waals surface area contributed by atoms with Crippen LogP contribution in [0.3, 0.4) is 0 Å². The first kappa shape index (κ1) is 15.4. The van der Waals surface area contributed by atoms with E-state index in [-0.39, 0.29) is 4.90 Å². The summed E-state index contributed by atoms with van der Waals surface area (Å²) in [6.45, 7) is -0.889. The third-order valence-corrected chi connectivity index (χ3v) is 3.43. The molecule has 1 aromatic carbocycles.